The zero-order valence-electron chi connectivity index (χ0n) is 9.32. The van der Waals surface area contributed by atoms with Gasteiger partial charge in [-0.1, -0.05) is 17.7 Å². The molecule has 0 amide bonds. The lowest BCUT2D eigenvalue weighted by Crippen LogP contribution is -2.31. The number of hydrogen-bond donors (Lipinski definition) is 1. The highest BCUT2D eigenvalue weighted by molar-refractivity contribution is 6.30. The van der Waals surface area contributed by atoms with Crippen molar-refractivity contribution in [2.45, 2.75) is 18.9 Å². The molecular weight excluding hydrogens is 236 g/mol. The lowest BCUT2D eigenvalue weighted by molar-refractivity contribution is 0.426. The molecule has 1 unspecified atom stereocenters. The topological polar surface area (TPSA) is 38.1 Å². The Morgan fingerprint density at radius 2 is 2.41 bits per heavy atom. The molecule has 0 bridgehead atoms. The Morgan fingerprint density at radius 1 is 1.47 bits per heavy atom. The maximum atomic E-state index is 6.02. The molecule has 0 saturated carbocycles. The molecule has 1 aliphatic heterocycles. The molecule has 88 valence electrons. The first-order valence-corrected chi connectivity index (χ1v) is 6.11. The SMILES string of the molecule is Clc1ccc2c(c1)CCNC2Cc1ncco1. The van der Waals surface area contributed by atoms with Crippen molar-refractivity contribution in [3.8, 4) is 0 Å². The highest BCUT2D eigenvalue weighted by Gasteiger charge is 2.21. The predicted molar refractivity (Wildman–Crippen MR) is 66.1 cm³/mol. The summed E-state index contributed by atoms with van der Waals surface area (Å²) in [4.78, 5) is 4.17. The molecule has 1 atom stereocenters. The Hall–Kier alpha value is -1.32. The van der Waals surface area contributed by atoms with Gasteiger partial charge in [0.05, 0.1) is 6.20 Å². The predicted octanol–water partition coefficient (Wildman–Crippen LogP) is 2.76. The third-order valence-corrected chi connectivity index (χ3v) is 3.36. The second-order valence-corrected chi connectivity index (χ2v) is 4.67. The smallest absolute Gasteiger partial charge is 0.195 e. The fraction of sp³-hybridized carbons (Fsp3) is 0.308. The van der Waals surface area contributed by atoms with Crippen molar-refractivity contribution in [2.24, 2.45) is 0 Å². The van der Waals surface area contributed by atoms with Gasteiger partial charge in [-0.25, -0.2) is 4.98 Å². The summed E-state index contributed by atoms with van der Waals surface area (Å²) >= 11 is 6.02. The van der Waals surface area contributed by atoms with Gasteiger partial charge in [0.25, 0.3) is 0 Å². The summed E-state index contributed by atoms with van der Waals surface area (Å²) in [6, 6.07) is 6.36. The molecule has 2 aromatic rings. The van der Waals surface area contributed by atoms with E-state index < -0.39 is 0 Å². The van der Waals surface area contributed by atoms with Crippen LogP contribution in [0.25, 0.3) is 0 Å². The van der Waals surface area contributed by atoms with Gasteiger partial charge in [-0.15, -0.1) is 0 Å². The van der Waals surface area contributed by atoms with Crippen LogP contribution in [0.1, 0.15) is 23.1 Å². The van der Waals surface area contributed by atoms with Crippen LogP contribution in [0, 0.1) is 0 Å². The summed E-state index contributed by atoms with van der Waals surface area (Å²) in [7, 11) is 0. The number of nitrogens with one attached hydrogen (secondary N) is 1. The van der Waals surface area contributed by atoms with Crippen LogP contribution in [0.3, 0.4) is 0 Å². The molecule has 0 fully saturated rings. The van der Waals surface area contributed by atoms with Crippen molar-refractivity contribution >= 4 is 11.6 Å². The maximum Gasteiger partial charge on any atom is 0.195 e. The average Bonchev–Trinajstić information content (AvgIpc) is 2.82. The summed E-state index contributed by atoms with van der Waals surface area (Å²) in [6.07, 6.45) is 5.10. The lowest BCUT2D eigenvalue weighted by atomic mass is 9.92. The minimum Gasteiger partial charge on any atom is -0.449 e. The van der Waals surface area contributed by atoms with Gasteiger partial charge >= 0.3 is 0 Å². The van der Waals surface area contributed by atoms with Gasteiger partial charge in [-0.2, -0.15) is 0 Å². The first-order chi connectivity index (χ1) is 8.33. The molecule has 3 rings (SSSR count). The van der Waals surface area contributed by atoms with Crippen molar-refractivity contribution < 1.29 is 4.42 Å². The van der Waals surface area contributed by atoms with E-state index in [1.165, 1.54) is 11.1 Å². The molecule has 2 heterocycles. The Labute approximate surface area is 105 Å². The van der Waals surface area contributed by atoms with Crippen LogP contribution in [0.2, 0.25) is 5.02 Å². The third kappa shape index (κ3) is 2.21. The van der Waals surface area contributed by atoms with Gasteiger partial charge in [-0.3, -0.25) is 0 Å². The fourth-order valence-corrected chi connectivity index (χ4v) is 2.53. The van der Waals surface area contributed by atoms with E-state index in [0.29, 0.717) is 0 Å². The van der Waals surface area contributed by atoms with Gasteiger partial charge in [0.2, 0.25) is 0 Å². The molecule has 4 heteroatoms. The number of rotatable bonds is 2. The quantitative estimate of drug-likeness (QED) is 0.888. The number of benzene rings is 1. The highest BCUT2D eigenvalue weighted by atomic mass is 35.5. The van der Waals surface area contributed by atoms with Crippen LogP contribution in [-0.2, 0) is 12.8 Å². The number of hydrogen-bond acceptors (Lipinski definition) is 3. The molecular formula is C13H13ClN2O. The zero-order valence-corrected chi connectivity index (χ0v) is 10.1. The Kier molecular flexibility index (Phi) is 2.87. The fourth-order valence-electron chi connectivity index (χ4n) is 2.33. The summed E-state index contributed by atoms with van der Waals surface area (Å²) < 4.78 is 5.30. The highest BCUT2D eigenvalue weighted by Crippen LogP contribution is 2.27. The third-order valence-electron chi connectivity index (χ3n) is 3.13. The van der Waals surface area contributed by atoms with Crippen molar-refractivity contribution in [1.82, 2.24) is 10.3 Å². The monoisotopic (exact) mass is 248 g/mol. The molecule has 0 radical (unpaired) electrons. The number of oxazole rings is 1. The van der Waals surface area contributed by atoms with Crippen LogP contribution in [0.4, 0.5) is 0 Å². The lowest BCUT2D eigenvalue weighted by Gasteiger charge is -2.26. The zero-order chi connectivity index (χ0) is 11.7. The molecule has 17 heavy (non-hydrogen) atoms. The number of fused-ring (bicyclic) bond motifs is 1. The normalized spacial score (nSPS) is 19.0. The van der Waals surface area contributed by atoms with E-state index in [2.05, 4.69) is 22.4 Å². The molecule has 1 aromatic heterocycles. The van der Waals surface area contributed by atoms with E-state index in [9.17, 15) is 0 Å². The Bertz CT molecular complexity index is 510. The van der Waals surface area contributed by atoms with Gasteiger partial charge < -0.3 is 9.73 Å². The van der Waals surface area contributed by atoms with Crippen LogP contribution in [-0.4, -0.2) is 11.5 Å². The first-order valence-electron chi connectivity index (χ1n) is 5.73. The van der Waals surface area contributed by atoms with E-state index >= 15 is 0 Å². The van der Waals surface area contributed by atoms with Crippen LogP contribution in [0.5, 0.6) is 0 Å². The molecule has 1 aromatic carbocycles. The second-order valence-electron chi connectivity index (χ2n) is 4.23. The second kappa shape index (κ2) is 4.51. The van der Waals surface area contributed by atoms with Gasteiger partial charge in [0.1, 0.15) is 6.26 Å². The van der Waals surface area contributed by atoms with Crippen molar-refractivity contribution in [2.75, 3.05) is 6.54 Å². The van der Waals surface area contributed by atoms with Gasteiger partial charge in [0, 0.05) is 17.5 Å². The van der Waals surface area contributed by atoms with Gasteiger partial charge in [-0.05, 0) is 36.2 Å². The number of nitrogens with zero attached hydrogens (tertiary/aromatic N) is 1. The molecule has 0 saturated heterocycles. The first kappa shape index (κ1) is 10.8. The molecule has 1 N–H and O–H groups in total. The summed E-state index contributed by atoms with van der Waals surface area (Å²) in [5.74, 6) is 0.769. The van der Waals surface area contributed by atoms with Crippen molar-refractivity contribution in [1.29, 1.82) is 0 Å². The van der Waals surface area contributed by atoms with Crippen LogP contribution < -0.4 is 5.32 Å². The Balaban J connectivity index is 1.89. The van der Waals surface area contributed by atoms with E-state index in [4.69, 9.17) is 16.0 Å². The van der Waals surface area contributed by atoms with Crippen LogP contribution >= 0.6 is 11.6 Å². The standard InChI is InChI=1S/C13H13ClN2O/c14-10-1-2-11-9(7-10)3-4-15-12(11)8-13-16-5-6-17-13/h1-2,5-7,12,15H,3-4,8H2. The van der Waals surface area contributed by atoms with Crippen molar-refractivity contribution in [3.05, 3.63) is 52.7 Å². The Morgan fingerprint density at radius 3 is 3.24 bits per heavy atom. The van der Waals surface area contributed by atoms with E-state index in [1.54, 1.807) is 12.5 Å². The molecule has 0 spiro atoms. The number of halogens is 1. The average molecular weight is 249 g/mol. The molecule has 3 nitrogen and oxygen atoms in total. The number of aromatic nitrogens is 1. The molecule has 0 aliphatic carbocycles. The van der Waals surface area contributed by atoms with E-state index in [-0.39, 0.29) is 6.04 Å². The summed E-state index contributed by atoms with van der Waals surface area (Å²) in [5, 5.41) is 4.30. The largest absolute Gasteiger partial charge is 0.449 e. The minimum atomic E-state index is 0.273. The van der Waals surface area contributed by atoms with E-state index in [0.717, 1.165) is 30.3 Å². The van der Waals surface area contributed by atoms with Crippen LogP contribution in [0.15, 0.2) is 35.1 Å². The minimum absolute atomic E-state index is 0.273. The summed E-state index contributed by atoms with van der Waals surface area (Å²) in [5.41, 5.74) is 2.63. The van der Waals surface area contributed by atoms with Crippen molar-refractivity contribution in [3.63, 3.8) is 0 Å². The molecule has 1 aliphatic rings. The summed E-state index contributed by atoms with van der Waals surface area (Å²) in [6.45, 7) is 0.971. The maximum absolute atomic E-state index is 6.02. The van der Waals surface area contributed by atoms with Gasteiger partial charge in [0.15, 0.2) is 5.89 Å². The van der Waals surface area contributed by atoms with E-state index in [1.807, 2.05) is 6.07 Å².